The smallest absolute Gasteiger partial charge is 0.295 e. The predicted molar refractivity (Wildman–Crippen MR) is 123 cm³/mol. The number of carbonyl (C=O) groups excluding carboxylic acids is 2. The van der Waals surface area contributed by atoms with E-state index in [4.69, 9.17) is 4.74 Å². The van der Waals surface area contributed by atoms with E-state index in [0.29, 0.717) is 18.5 Å². The first-order valence-corrected chi connectivity index (χ1v) is 11.4. The van der Waals surface area contributed by atoms with Crippen molar-refractivity contribution in [2.24, 2.45) is 0 Å². The Hall–Kier alpha value is -3.19. The molecule has 2 aliphatic heterocycles. The zero-order valence-electron chi connectivity index (χ0n) is 19.2. The molecule has 174 valence electrons. The van der Waals surface area contributed by atoms with Gasteiger partial charge in [-0.25, -0.2) is 4.39 Å². The van der Waals surface area contributed by atoms with Crippen LogP contribution in [0.1, 0.15) is 43.5 Å². The SMILES string of the molecule is CCN(CC)CCN1C(=O)C(=O)/C(=C(/O)c2ccc3c(c2)C[C@H](C)O3)[C@H]1c1ccccc1F. The van der Waals surface area contributed by atoms with E-state index in [0.717, 1.165) is 24.4 Å². The lowest BCUT2D eigenvalue weighted by molar-refractivity contribution is -0.140. The van der Waals surface area contributed by atoms with Crippen molar-refractivity contribution in [3.05, 3.63) is 70.5 Å². The third kappa shape index (κ3) is 4.25. The first-order valence-electron chi connectivity index (χ1n) is 11.4. The number of rotatable bonds is 7. The van der Waals surface area contributed by atoms with Crippen LogP contribution in [-0.4, -0.2) is 58.9 Å². The number of aliphatic hydroxyl groups is 1. The molecule has 1 fully saturated rings. The lowest BCUT2D eigenvalue weighted by Gasteiger charge is -2.28. The number of ether oxygens (including phenoxy) is 1. The van der Waals surface area contributed by atoms with Crippen LogP contribution < -0.4 is 4.74 Å². The maximum atomic E-state index is 14.9. The van der Waals surface area contributed by atoms with Gasteiger partial charge < -0.3 is 19.6 Å². The Morgan fingerprint density at radius 3 is 2.61 bits per heavy atom. The van der Waals surface area contributed by atoms with E-state index >= 15 is 0 Å². The summed E-state index contributed by atoms with van der Waals surface area (Å²) in [5.41, 5.74) is 1.44. The van der Waals surface area contributed by atoms with Crippen molar-refractivity contribution >= 4 is 17.4 Å². The summed E-state index contributed by atoms with van der Waals surface area (Å²) in [5.74, 6) is -1.61. The fourth-order valence-corrected chi connectivity index (χ4v) is 4.64. The van der Waals surface area contributed by atoms with Crippen molar-refractivity contribution in [3.63, 3.8) is 0 Å². The minimum absolute atomic E-state index is 0.0291. The van der Waals surface area contributed by atoms with Crippen molar-refractivity contribution in [1.29, 1.82) is 0 Å². The van der Waals surface area contributed by atoms with Crippen LogP contribution in [0.2, 0.25) is 0 Å². The fraction of sp³-hybridized carbons (Fsp3) is 0.385. The summed E-state index contributed by atoms with van der Waals surface area (Å²) in [5, 5.41) is 11.2. The topological polar surface area (TPSA) is 70.1 Å². The molecule has 0 bridgehead atoms. The second kappa shape index (κ2) is 9.35. The van der Waals surface area contributed by atoms with Gasteiger partial charge in [0.05, 0.1) is 11.6 Å². The van der Waals surface area contributed by atoms with Crippen LogP contribution in [0.15, 0.2) is 48.0 Å². The summed E-state index contributed by atoms with van der Waals surface area (Å²) in [6, 6.07) is 10.3. The molecule has 2 aromatic rings. The van der Waals surface area contributed by atoms with E-state index < -0.39 is 23.5 Å². The minimum Gasteiger partial charge on any atom is -0.507 e. The summed E-state index contributed by atoms with van der Waals surface area (Å²) in [6.45, 7) is 8.37. The van der Waals surface area contributed by atoms with Gasteiger partial charge in [0.2, 0.25) is 0 Å². The average Bonchev–Trinajstić information content (AvgIpc) is 3.30. The standard InChI is InChI=1S/C26H29FN2O4/c1-4-28(5-2)12-13-29-23(19-8-6-7-9-20(19)27)22(25(31)26(29)32)24(30)17-10-11-21-18(15-17)14-16(3)33-21/h6-11,15-16,23,30H,4-5,12-14H2,1-3H3/b24-22+/t16-,23+/m0/s1. The van der Waals surface area contributed by atoms with Crippen LogP contribution in [0.3, 0.4) is 0 Å². The molecular formula is C26H29FN2O4. The molecule has 1 N–H and O–H groups in total. The highest BCUT2D eigenvalue weighted by molar-refractivity contribution is 6.46. The molecule has 2 heterocycles. The second-order valence-corrected chi connectivity index (χ2v) is 8.50. The number of carbonyl (C=O) groups is 2. The van der Waals surface area contributed by atoms with Crippen molar-refractivity contribution in [2.75, 3.05) is 26.2 Å². The first kappa shape index (κ1) is 23.0. The van der Waals surface area contributed by atoms with Crippen molar-refractivity contribution in [2.45, 2.75) is 39.3 Å². The third-order valence-electron chi connectivity index (χ3n) is 6.46. The summed E-state index contributed by atoms with van der Waals surface area (Å²) >= 11 is 0. The predicted octanol–water partition coefficient (Wildman–Crippen LogP) is 3.91. The van der Waals surface area contributed by atoms with Crippen molar-refractivity contribution < 1.29 is 23.8 Å². The van der Waals surface area contributed by atoms with Crippen LogP contribution in [0.5, 0.6) is 5.75 Å². The second-order valence-electron chi connectivity index (χ2n) is 8.50. The van der Waals surface area contributed by atoms with Gasteiger partial charge >= 0.3 is 0 Å². The molecule has 0 aliphatic carbocycles. The largest absolute Gasteiger partial charge is 0.507 e. The fourth-order valence-electron chi connectivity index (χ4n) is 4.64. The molecule has 1 saturated heterocycles. The van der Waals surface area contributed by atoms with Gasteiger partial charge in [0.1, 0.15) is 23.4 Å². The van der Waals surface area contributed by atoms with Gasteiger partial charge in [-0.3, -0.25) is 9.59 Å². The summed E-state index contributed by atoms with van der Waals surface area (Å²) in [7, 11) is 0. The Bertz CT molecular complexity index is 1110. The van der Waals surface area contributed by atoms with Crippen LogP contribution in [0, 0.1) is 5.82 Å². The minimum atomic E-state index is -0.995. The summed E-state index contributed by atoms with van der Waals surface area (Å²) in [6.07, 6.45) is 0.715. The van der Waals surface area contributed by atoms with E-state index in [1.165, 1.54) is 11.0 Å². The van der Waals surface area contributed by atoms with Gasteiger partial charge in [-0.2, -0.15) is 0 Å². The molecule has 2 aromatic carbocycles. The molecular weight excluding hydrogens is 423 g/mol. The molecule has 6 nitrogen and oxygen atoms in total. The van der Waals surface area contributed by atoms with Crippen LogP contribution in [0.4, 0.5) is 4.39 Å². The van der Waals surface area contributed by atoms with Gasteiger partial charge in [0, 0.05) is 30.6 Å². The lowest BCUT2D eigenvalue weighted by atomic mass is 9.94. The summed E-state index contributed by atoms with van der Waals surface area (Å²) in [4.78, 5) is 29.7. The number of ketones is 1. The third-order valence-corrected chi connectivity index (χ3v) is 6.46. The average molecular weight is 453 g/mol. The molecule has 0 aromatic heterocycles. The highest BCUT2D eigenvalue weighted by Crippen LogP contribution is 2.41. The number of halogens is 1. The van der Waals surface area contributed by atoms with Gasteiger partial charge in [-0.1, -0.05) is 32.0 Å². The lowest BCUT2D eigenvalue weighted by Crippen LogP contribution is -2.38. The van der Waals surface area contributed by atoms with Crippen molar-refractivity contribution in [1.82, 2.24) is 9.80 Å². The molecule has 7 heteroatoms. The van der Waals surface area contributed by atoms with Gasteiger partial charge in [0.25, 0.3) is 11.7 Å². The molecule has 0 spiro atoms. The van der Waals surface area contributed by atoms with E-state index in [1.807, 2.05) is 20.8 Å². The number of hydrogen-bond acceptors (Lipinski definition) is 5. The Kier molecular flexibility index (Phi) is 6.51. The normalized spacial score (nSPS) is 21.5. The Morgan fingerprint density at radius 1 is 1.18 bits per heavy atom. The highest BCUT2D eigenvalue weighted by atomic mass is 19.1. The van der Waals surface area contributed by atoms with Gasteiger partial charge in [0.15, 0.2) is 0 Å². The number of aliphatic hydroxyl groups excluding tert-OH is 1. The molecule has 33 heavy (non-hydrogen) atoms. The van der Waals surface area contributed by atoms with Crippen molar-refractivity contribution in [3.8, 4) is 5.75 Å². The highest BCUT2D eigenvalue weighted by Gasteiger charge is 2.46. The molecule has 2 atom stereocenters. The zero-order chi connectivity index (χ0) is 23.7. The quantitative estimate of drug-likeness (QED) is 0.392. The van der Waals surface area contributed by atoms with Crippen LogP contribution >= 0.6 is 0 Å². The van der Waals surface area contributed by atoms with Crippen LogP contribution in [-0.2, 0) is 16.0 Å². The van der Waals surface area contributed by atoms with Crippen LogP contribution in [0.25, 0.3) is 5.76 Å². The van der Waals surface area contributed by atoms with Gasteiger partial charge in [-0.05, 0) is 49.8 Å². The number of likely N-dealkylation sites (N-methyl/N-ethyl adjacent to an activating group) is 1. The number of nitrogens with zero attached hydrogens (tertiary/aromatic N) is 2. The monoisotopic (exact) mass is 452 g/mol. The Morgan fingerprint density at radius 2 is 1.91 bits per heavy atom. The molecule has 0 radical (unpaired) electrons. The molecule has 1 amide bonds. The Balaban J connectivity index is 1.80. The zero-order valence-corrected chi connectivity index (χ0v) is 19.2. The van der Waals surface area contributed by atoms with E-state index in [9.17, 15) is 19.1 Å². The summed E-state index contributed by atoms with van der Waals surface area (Å²) < 4.78 is 20.6. The number of likely N-dealkylation sites (tertiary alicyclic amines) is 1. The number of fused-ring (bicyclic) bond motifs is 1. The number of amides is 1. The molecule has 0 unspecified atom stereocenters. The van der Waals surface area contributed by atoms with E-state index in [-0.39, 0.29) is 29.5 Å². The number of benzene rings is 2. The number of Topliss-reactive ketones (excluding diaryl/α,β-unsaturated/α-hetero) is 1. The Labute approximate surface area is 193 Å². The van der Waals surface area contributed by atoms with E-state index in [2.05, 4.69) is 4.90 Å². The molecule has 4 rings (SSSR count). The van der Waals surface area contributed by atoms with E-state index in [1.54, 1.807) is 36.4 Å². The number of hydrogen-bond donors (Lipinski definition) is 1. The van der Waals surface area contributed by atoms with Gasteiger partial charge in [-0.15, -0.1) is 0 Å². The molecule has 2 aliphatic rings. The maximum Gasteiger partial charge on any atom is 0.295 e. The maximum absolute atomic E-state index is 14.9. The first-order chi connectivity index (χ1) is 15.8. The molecule has 0 saturated carbocycles.